The minimum atomic E-state index is -3.91. The van der Waals surface area contributed by atoms with Gasteiger partial charge < -0.3 is 4.31 Å². The summed E-state index contributed by atoms with van der Waals surface area (Å²) in [5, 5.41) is 11.1. The molecule has 3 rings (SSSR count). The molecule has 2 aromatic rings. The van der Waals surface area contributed by atoms with E-state index in [0.29, 0.717) is 5.56 Å². The van der Waals surface area contributed by atoms with Gasteiger partial charge in [-0.3, -0.25) is 15.3 Å². The van der Waals surface area contributed by atoms with Crippen molar-refractivity contribution in [2.24, 2.45) is 5.92 Å². The van der Waals surface area contributed by atoms with Gasteiger partial charge in [0.1, 0.15) is 5.37 Å². The fourth-order valence-electron chi connectivity index (χ4n) is 4.99. The van der Waals surface area contributed by atoms with Gasteiger partial charge in [-0.2, -0.15) is 0 Å². The van der Waals surface area contributed by atoms with Crippen molar-refractivity contribution >= 4 is 45.1 Å². The zero-order valence-electron chi connectivity index (χ0n) is 24.7. The minimum Gasteiger partial charge on any atom is -0.305 e. The van der Waals surface area contributed by atoms with Crippen molar-refractivity contribution in [2.45, 2.75) is 106 Å². The van der Waals surface area contributed by atoms with Crippen molar-refractivity contribution < 1.29 is 18.4 Å². The molecular formula is C31H47N3O4S3. The highest BCUT2D eigenvalue weighted by molar-refractivity contribution is 8.04. The van der Waals surface area contributed by atoms with E-state index in [1.807, 2.05) is 24.1 Å². The molecule has 10 heteroatoms. The Labute approximate surface area is 255 Å². The first-order valence-corrected chi connectivity index (χ1v) is 18.4. The number of carbonyl (C=O) groups excluding carboxylic acids is 1. The third-order valence-corrected chi connectivity index (χ3v) is 11.7. The standard InChI is InChI=1S/C31H47N3O4S3/c1-4-5-6-7-8-9-10-11-12-16-21-40-34-23-39-28-22-26(19-20-27(28)34)41(37,38)31(25-17-14-13-15-18-25)32-29(24(2)3)30(35)33-36/h13-15,17-20,22,24,29,31-32,36H,4-12,16,21,23H2,1-3H3,(H,33,35)/t29-,31?/m1/s1. The van der Waals surface area contributed by atoms with Gasteiger partial charge in [0.05, 0.1) is 22.5 Å². The van der Waals surface area contributed by atoms with Gasteiger partial charge in [-0.15, -0.1) is 11.8 Å². The van der Waals surface area contributed by atoms with Gasteiger partial charge in [0.2, 0.25) is 0 Å². The summed E-state index contributed by atoms with van der Waals surface area (Å²) in [5.74, 6) is 0.921. The average Bonchev–Trinajstić information content (AvgIpc) is 3.38. The molecule has 2 atom stereocenters. The molecule has 0 fully saturated rings. The number of hydrogen-bond acceptors (Lipinski definition) is 8. The summed E-state index contributed by atoms with van der Waals surface area (Å²) in [6.45, 7) is 5.86. The van der Waals surface area contributed by atoms with E-state index in [9.17, 15) is 18.4 Å². The predicted octanol–water partition coefficient (Wildman–Crippen LogP) is 7.72. The highest BCUT2D eigenvalue weighted by atomic mass is 32.2. The minimum absolute atomic E-state index is 0.207. The van der Waals surface area contributed by atoms with Crippen LogP contribution in [0.4, 0.5) is 5.69 Å². The van der Waals surface area contributed by atoms with Crippen LogP contribution in [0.2, 0.25) is 0 Å². The Bertz CT molecular complexity index is 1180. The molecule has 0 aliphatic carbocycles. The van der Waals surface area contributed by atoms with Crippen LogP contribution in [0.5, 0.6) is 0 Å². The van der Waals surface area contributed by atoms with E-state index >= 15 is 0 Å². The van der Waals surface area contributed by atoms with E-state index in [4.69, 9.17) is 0 Å². The van der Waals surface area contributed by atoms with Crippen molar-refractivity contribution in [2.75, 3.05) is 15.9 Å². The number of amides is 1. The smallest absolute Gasteiger partial charge is 0.260 e. The SMILES string of the molecule is CCCCCCCCCCCCSN1CSc2cc(S(=O)(=O)C(N[C@@H](C(=O)NO)C(C)C)c3ccccc3)ccc21. The zero-order valence-corrected chi connectivity index (χ0v) is 27.1. The lowest BCUT2D eigenvalue weighted by molar-refractivity contribution is -0.132. The maximum Gasteiger partial charge on any atom is 0.260 e. The molecule has 3 N–H and O–H groups in total. The number of anilines is 1. The lowest BCUT2D eigenvalue weighted by Gasteiger charge is -2.27. The summed E-state index contributed by atoms with van der Waals surface area (Å²) in [7, 11) is -3.91. The first-order valence-electron chi connectivity index (χ1n) is 15.0. The van der Waals surface area contributed by atoms with Crippen molar-refractivity contribution in [3.05, 3.63) is 54.1 Å². The number of nitrogens with zero attached hydrogens (tertiary/aromatic N) is 1. The van der Waals surface area contributed by atoms with Gasteiger partial charge in [-0.1, -0.05) is 109 Å². The third-order valence-electron chi connectivity index (χ3n) is 7.41. The average molecular weight is 622 g/mol. The van der Waals surface area contributed by atoms with Crippen LogP contribution in [0.3, 0.4) is 0 Å². The second-order valence-corrected chi connectivity index (χ2v) is 15.1. The Balaban J connectivity index is 1.61. The maximum atomic E-state index is 14.0. The number of benzene rings is 2. The molecule has 41 heavy (non-hydrogen) atoms. The van der Waals surface area contributed by atoms with Crippen LogP contribution in [-0.2, 0) is 14.6 Å². The molecule has 7 nitrogen and oxygen atoms in total. The van der Waals surface area contributed by atoms with Crippen molar-refractivity contribution in [1.29, 1.82) is 0 Å². The van der Waals surface area contributed by atoms with Gasteiger partial charge in [0.25, 0.3) is 5.91 Å². The molecule has 0 saturated heterocycles. The molecule has 1 aliphatic heterocycles. The highest BCUT2D eigenvalue weighted by Crippen LogP contribution is 2.44. The summed E-state index contributed by atoms with van der Waals surface area (Å²) >= 11 is 3.47. The first kappa shape index (κ1) is 33.8. The third kappa shape index (κ3) is 9.92. The lowest BCUT2D eigenvalue weighted by Crippen LogP contribution is -2.49. The van der Waals surface area contributed by atoms with Crippen molar-refractivity contribution in [3.8, 4) is 0 Å². The second-order valence-electron chi connectivity index (χ2n) is 11.0. The predicted molar refractivity (Wildman–Crippen MR) is 172 cm³/mol. The van der Waals surface area contributed by atoms with E-state index < -0.39 is 27.2 Å². The number of hydrogen-bond donors (Lipinski definition) is 3. The Hall–Kier alpha value is -1.72. The summed E-state index contributed by atoms with van der Waals surface area (Å²) in [5.41, 5.74) is 3.25. The van der Waals surface area contributed by atoms with E-state index in [-0.39, 0.29) is 10.8 Å². The quantitative estimate of drug-likeness (QED) is 0.0635. The van der Waals surface area contributed by atoms with E-state index in [0.717, 1.165) is 22.2 Å². The number of sulfone groups is 1. The molecule has 228 valence electrons. The van der Waals surface area contributed by atoms with Crippen LogP contribution in [-0.4, -0.2) is 37.2 Å². The molecular weight excluding hydrogens is 575 g/mol. The molecule has 0 saturated carbocycles. The molecule has 0 aromatic heterocycles. The number of nitrogens with one attached hydrogen (secondary N) is 2. The largest absolute Gasteiger partial charge is 0.305 e. The van der Waals surface area contributed by atoms with Gasteiger partial charge in [-0.25, -0.2) is 13.9 Å². The molecule has 1 amide bonds. The number of fused-ring (bicyclic) bond motifs is 1. The van der Waals surface area contributed by atoms with Crippen LogP contribution in [0.25, 0.3) is 0 Å². The molecule has 1 aliphatic rings. The van der Waals surface area contributed by atoms with E-state index in [1.54, 1.807) is 67.5 Å². The Kier molecular flexibility index (Phi) is 14.3. The topological polar surface area (TPSA) is 98.7 Å². The van der Waals surface area contributed by atoms with Crippen LogP contribution in [0.1, 0.15) is 95.9 Å². The number of thioether (sulfide) groups is 1. The molecule has 0 spiro atoms. The van der Waals surface area contributed by atoms with Crippen LogP contribution in [0.15, 0.2) is 58.3 Å². The lowest BCUT2D eigenvalue weighted by atomic mass is 10.0. The fraction of sp³-hybridized carbons (Fsp3) is 0.581. The Morgan fingerprint density at radius 2 is 1.61 bits per heavy atom. The molecule has 2 aromatic carbocycles. The summed E-state index contributed by atoms with van der Waals surface area (Å²) in [6.07, 6.45) is 13.2. The maximum absolute atomic E-state index is 14.0. The molecule has 1 heterocycles. The number of carbonyl (C=O) groups is 1. The molecule has 0 radical (unpaired) electrons. The monoisotopic (exact) mass is 621 g/mol. The van der Waals surface area contributed by atoms with Crippen LogP contribution in [0, 0.1) is 5.92 Å². The molecule has 0 bridgehead atoms. The molecule has 1 unspecified atom stereocenters. The van der Waals surface area contributed by atoms with Crippen molar-refractivity contribution in [3.63, 3.8) is 0 Å². The van der Waals surface area contributed by atoms with Gasteiger partial charge in [0.15, 0.2) is 9.84 Å². The van der Waals surface area contributed by atoms with Crippen molar-refractivity contribution in [1.82, 2.24) is 10.8 Å². The number of rotatable bonds is 19. The van der Waals surface area contributed by atoms with Gasteiger partial charge in [0, 0.05) is 10.6 Å². The van der Waals surface area contributed by atoms with E-state index in [1.165, 1.54) is 64.2 Å². The zero-order chi connectivity index (χ0) is 29.7. The first-order chi connectivity index (χ1) is 19.8. The summed E-state index contributed by atoms with van der Waals surface area (Å²) in [6, 6.07) is 13.3. The van der Waals surface area contributed by atoms with Gasteiger partial charge >= 0.3 is 0 Å². The second kappa shape index (κ2) is 17.4. The van der Waals surface area contributed by atoms with Crippen LogP contribution < -0.4 is 15.1 Å². The Morgan fingerprint density at radius 1 is 0.976 bits per heavy atom. The van der Waals surface area contributed by atoms with E-state index in [2.05, 4.69) is 16.5 Å². The fourth-order valence-corrected chi connectivity index (χ4v) is 9.02. The number of hydroxylamine groups is 1. The van der Waals surface area contributed by atoms with Crippen LogP contribution >= 0.6 is 23.7 Å². The highest BCUT2D eigenvalue weighted by Gasteiger charge is 2.35. The normalized spacial score (nSPS) is 14.7. The summed E-state index contributed by atoms with van der Waals surface area (Å²) < 4.78 is 30.2. The van der Waals surface area contributed by atoms with Gasteiger partial charge in [-0.05, 0) is 48.0 Å². The number of unbranched alkanes of at least 4 members (excludes halogenated alkanes) is 9. The Morgan fingerprint density at radius 3 is 2.22 bits per heavy atom. The summed E-state index contributed by atoms with van der Waals surface area (Å²) in [4.78, 5) is 13.5.